The van der Waals surface area contributed by atoms with E-state index in [4.69, 9.17) is 0 Å². The summed E-state index contributed by atoms with van der Waals surface area (Å²) < 4.78 is 38.4. The maximum atomic E-state index is 13.1. The lowest BCUT2D eigenvalue weighted by Crippen LogP contribution is -2.13. The third kappa shape index (κ3) is 1.98. The number of benzene rings is 1. The molecule has 1 aromatic carbocycles. The van der Waals surface area contributed by atoms with Gasteiger partial charge in [-0.15, -0.1) is 0 Å². The molecule has 1 aromatic rings. The smallest absolute Gasteiger partial charge is 0.195 e. The summed E-state index contributed by atoms with van der Waals surface area (Å²) in [6, 6.07) is 0.567. The third-order valence-electron chi connectivity index (χ3n) is 1.71. The minimum absolute atomic E-state index is 0.00880. The van der Waals surface area contributed by atoms with Gasteiger partial charge >= 0.3 is 0 Å². The number of hydrogen-bond donors (Lipinski definition) is 1. The van der Waals surface area contributed by atoms with E-state index in [9.17, 15) is 18.3 Å². The first kappa shape index (κ1) is 10.8. The van der Waals surface area contributed by atoms with E-state index in [1.54, 1.807) is 14.1 Å². The van der Waals surface area contributed by atoms with E-state index < -0.39 is 23.2 Å². The summed E-state index contributed by atoms with van der Waals surface area (Å²) in [5, 5.41) is 9.17. The molecule has 0 aromatic heterocycles. The molecule has 0 amide bonds. The number of rotatable bonds is 2. The van der Waals surface area contributed by atoms with E-state index in [-0.39, 0.29) is 12.1 Å². The second-order valence-corrected chi connectivity index (χ2v) is 3.22. The topological polar surface area (TPSA) is 23.5 Å². The summed E-state index contributed by atoms with van der Waals surface area (Å²) in [4.78, 5) is 1.54. The highest BCUT2D eigenvalue weighted by Gasteiger charge is 2.18. The highest BCUT2D eigenvalue weighted by molar-refractivity contribution is 5.34. The zero-order valence-corrected chi connectivity index (χ0v) is 7.81. The lowest BCUT2D eigenvalue weighted by Gasteiger charge is -2.12. The molecular formula is C9H10F3NO. The molecule has 1 rings (SSSR count). The van der Waals surface area contributed by atoms with Crippen molar-refractivity contribution in [1.82, 2.24) is 4.90 Å². The van der Waals surface area contributed by atoms with Crippen LogP contribution in [0.25, 0.3) is 0 Å². The second-order valence-electron chi connectivity index (χ2n) is 3.22. The van der Waals surface area contributed by atoms with Crippen LogP contribution in [0.5, 0.6) is 5.75 Å². The molecule has 0 spiro atoms. The van der Waals surface area contributed by atoms with Crippen molar-refractivity contribution in [2.24, 2.45) is 0 Å². The molecule has 2 nitrogen and oxygen atoms in total. The van der Waals surface area contributed by atoms with Gasteiger partial charge in [0.2, 0.25) is 0 Å². The van der Waals surface area contributed by atoms with E-state index >= 15 is 0 Å². The van der Waals surface area contributed by atoms with Crippen LogP contribution in [0, 0.1) is 17.5 Å². The van der Waals surface area contributed by atoms with Crippen molar-refractivity contribution in [1.29, 1.82) is 0 Å². The van der Waals surface area contributed by atoms with Gasteiger partial charge in [0.05, 0.1) is 0 Å². The largest absolute Gasteiger partial charge is 0.507 e. The fraction of sp³-hybridized carbons (Fsp3) is 0.333. The van der Waals surface area contributed by atoms with Gasteiger partial charge in [0.25, 0.3) is 0 Å². The summed E-state index contributed by atoms with van der Waals surface area (Å²) in [5.41, 5.74) is -0.242. The molecule has 0 atom stereocenters. The van der Waals surface area contributed by atoms with Gasteiger partial charge in [-0.1, -0.05) is 0 Å². The van der Waals surface area contributed by atoms with Gasteiger partial charge in [0.15, 0.2) is 17.5 Å². The Balaban J connectivity index is 3.22. The second kappa shape index (κ2) is 3.88. The van der Waals surface area contributed by atoms with Crippen molar-refractivity contribution in [2.75, 3.05) is 14.1 Å². The molecule has 0 aliphatic carbocycles. The Bertz CT molecular complexity index is 352. The van der Waals surface area contributed by atoms with E-state index in [1.807, 2.05) is 0 Å². The number of nitrogens with zero attached hydrogens (tertiary/aromatic N) is 1. The summed E-state index contributed by atoms with van der Waals surface area (Å²) in [6.07, 6.45) is 0. The number of phenolic OH excluding ortho intramolecular Hbond substituents is 1. The molecule has 0 saturated heterocycles. The van der Waals surface area contributed by atoms with Gasteiger partial charge in [-0.2, -0.15) is 0 Å². The zero-order chi connectivity index (χ0) is 10.9. The number of phenols is 1. The average Bonchev–Trinajstić information content (AvgIpc) is 2.09. The summed E-state index contributed by atoms with van der Waals surface area (Å²) >= 11 is 0. The van der Waals surface area contributed by atoms with Gasteiger partial charge in [0, 0.05) is 18.2 Å². The number of halogens is 3. The van der Waals surface area contributed by atoms with Crippen LogP contribution in [0.4, 0.5) is 13.2 Å². The Labute approximate surface area is 79.6 Å². The van der Waals surface area contributed by atoms with Crippen molar-refractivity contribution < 1.29 is 18.3 Å². The van der Waals surface area contributed by atoms with Crippen LogP contribution >= 0.6 is 0 Å². The quantitative estimate of drug-likeness (QED) is 0.745. The standard InChI is InChI=1S/C9H10F3NO/c1-13(2)4-5-7(14)3-6(10)9(12)8(5)11/h3,14H,4H2,1-2H3. The lowest BCUT2D eigenvalue weighted by atomic mass is 10.1. The van der Waals surface area contributed by atoms with Crippen LogP contribution in [0.3, 0.4) is 0 Å². The van der Waals surface area contributed by atoms with Crippen LogP contribution < -0.4 is 0 Å². The molecule has 5 heteroatoms. The summed E-state index contributed by atoms with van der Waals surface area (Å²) in [7, 11) is 3.25. The summed E-state index contributed by atoms with van der Waals surface area (Å²) in [5.74, 6) is -4.85. The van der Waals surface area contributed by atoms with Gasteiger partial charge in [-0.25, -0.2) is 13.2 Å². The van der Waals surface area contributed by atoms with Crippen LogP contribution in [0.1, 0.15) is 5.56 Å². The molecule has 0 heterocycles. The SMILES string of the molecule is CN(C)Cc1c(O)cc(F)c(F)c1F. The van der Waals surface area contributed by atoms with Crippen LogP contribution in [-0.4, -0.2) is 24.1 Å². The Hall–Kier alpha value is -1.23. The number of aromatic hydroxyl groups is 1. The first-order valence-electron chi connectivity index (χ1n) is 3.93. The van der Waals surface area contributed by atoms with E-state index in [1.165, 1.54) is 4.90 Å². The van der Waals surface area contributed by atoms with Crippen molar-refractivity contribution >= 4 is 0 Å². The molecule has 78 valence electrons. The molecule has 0 radical (unpaired) electrons. The van der Waals surface area contributed by atoms with Crippen LogP contribution in [0.2, 0.25) is 0 Å². The highest BCUT2D eigenvalue weighted by atomic mass is 19.2. The normalized spacial score (nSPS) is 11.0. The molecule has 0 bridgehead atoms. The molecule has 0 aliphatic rings. The van der Waals surface area contributed by atoms with Gasteiger partial charge < -0.3 is 10.0 Å². The predicted octanol–water partition coefficient (Wildman–Crippen LogP) is 1.87. The zero-order valence-electron chi connectivity index (χ0n) is 7.81. The predicted molar refractivity (Wildman–Crippen MR) is 45.4 cm³/mol. The van der Waals surface area contributed by atoms with Crippen molar-refractivity contribution in [2.45, 2.75) is 6.54 Å². The Morgan fingerprint density at radius 2 is 1.79 bits per heavy atom. The van der Waals surface area contributed by atoms with Crippen molar-refractivity contribution in [3.8, 4) is 5.75 Å². The van der Waals surface area contributed by atoms with Crippen LogP contribution in [-0.2, 0) is 6.54 Å². The Kier molecular flexibility index (Phi) is 3.00. The Morgan fingerprint density at radius 1 is 1.21 bits per heavy atom. The fourth-order valence-electron chi connectivity index (χ4n) is 1.09. The van der Waals surface area contributed by atoms with E-state index in [0.29, 0.717) is 6.07 Å². The van der Waals surface area contributed by atoms with Gasteiger partial charge in [-0.05, 0) is 14.1 Å². The van der Waals surface area contributed by atoms with Crippen molar-refractivity contribution in [3.63, 3.8) is 0 Å². The fourth-order valence-corrected chi connectivity index (χ4v) is 1.09. The minimum Gasteiger partial charge on any atom is -0.507 e. The average molecular weight is 205 g/mol. The molecule has 14 heavy (non-hydrogen) atoms. The van der Waals surface area contributed by atoms with Crippen molar-refractivity contribution in [3.05, 3.63) is 29.1 Å². The first-order valence-corrected chi connectivity index (χ1v) is 3.93. The molecular weight excluding hydrogens is 195 g/mol. The third-order valence-corrected chi connectivity index (χ3v) is 1.71. The monoisotopic (exact) mass is 205 g/mol. The molecule has 0 unspecified atom stereocenters. The van der Waals surface area contributed by atoms with Gasteiger partial charge in [-0.3, -0.25) is 0 Å². The van der Waals surface area contributed by atoms with E-state index in [0.717, 1.165) is 0 Å². The van der Waals surface area contributed by atoms with Crippen LogP contribution in [0.15, 0.2) is 6.07 Å². The lowest BCUT2D eigenvalue weighted by molar-refractivity contribution is 0.357. The highest BCUT2D eigenvalue weighted by Crippen LogP contribution is 2.25. The minimum atomic E-state index is -1.56. The molecule has 0 saturated carbocycles. The molecule has 0 fully saturated rings. The maximum absolute atomic E-state index is 13.1. The maximum Gasteiger partial charge on any atom is 0.195 e. The first-order chi connectivity index (χ1) is 6.43. The molecule has 1 N–H and O–H groups in total. The number of hydrogen-bond acceptors (Lipinski definition) is 2. The summed E-state index contributed by atoms with van der Waals surface area (Å²) in [6.45, 7) is 0.00880. The molecule has 0 aliphatic heterocycles. The van der Waals surface area contributed by atoms with Gasteiger partial charge in [0.1, 0.15) is 5.75 Å². The Morgan fingerprint density at radius 3 is 2.29 bits per heavy atom. The van der Waals surface area contributed by atoms with E-state index in [2.05, 4.69) is 0 Å².